The first-order valence-corrected chi connectivity index (χ1v) is 9.98. The molecule has 0 aliphatic rings. The van der Waals surface area contributed by atoms with E-state index in [9.17, 15) is 4.79 Å². The van der Waals surface area contributed by atoms with Crippen LogP contribution in [0.1, 0.15) is 18.7 Å². The predicted octanol–water partition coefficient (Wildman–Crippen LogP) is 2.33. The van der Waals surface area contributed by atoms with Gasteiger partial charge in [-0.15, -0.1) is 0 Å². The first kappa shape index (κ1) is 15.7. The van der Waals surface area contributed by atoms with Gasteiger partial charge in [-0.3, -0.25) is 4.79 Å². The van der Waals surface area contributed by atoms with E-state index in [0.29, 0.717) is 24.7 Å². The van der Waals surface area contributed by atoms with E-state index >= 15 is 0 Å². The van der Waals surface area contributed by atoms with E-state index in [0.717, 1.165) is 6.04 Å². The minimum atomic E-state index is -1.06. The Labute approximate surface area is 114 Å². The molecular weight excluding hydrogens is 264 g/mol. The van der Waals surface area contributed by atoms with Crippen molar-refractivity contribution in [1.29, 1.82) is 0 Å². The minimum Gasteiger partial charge on any atom is -0.458 e. The van der Waals surface area contributed by atoms with Gasteiger partial charge in [-0.2, -0.15) is 5.10 Å². The van der Waals surface area contributed by atoms with Gasteiger partial charge in [-0.05, 0) is 13.0 Å². The molecule has 0 bridgehead atoms. The Morgan fingerprint density at radius 2 is 2.21 bits per heavy atom. The number of H-pyrrole nitrogens is 1. The van der Waals surface area contributed by atoms with Crippen LogP contribution in [0, 0.1) is 0 Å². The number of hydrogen-bond acceptors (Lipinski definition) is 5. The SMILES string of the molecule is CC(OC=O)c1cc(OCOCC[Si](C)(C)C)[nH]n1. The second-order valence-electron chi connectivity index (χ2n) is 5.51. The van der Waals surface area contributed by atoms with Crippen LogP contribution in [0.3, 0.4) is 0 Å². The van der Waals surface area contributed by atoms with Crippen molar-refractivity contribution in [3.63, 3.8) is 0 Å². The molecule has 0 spiro atoms. The Balaban J connectivity index is 2.25. The Bertz CT molecular complexity index is 389. The maximum Gasteiger partial charge on any atom is 0.293 e. The van der Waals surface area contributed by atoms with Crippen LogP contribution in [0.15, 0.2) is 6.07 Å². The van der Waals surface area contributed by atoms with Gasteiger partial charge in [0, 0.05) is 20.7 Å². The van der Waals surface area contributed by atoms with Gasteiger partial charge in [0.2, 0.25) is 5.88 Å². The van der Waals surface area contributed by atoms with Crippen molar-refractivity contribution in [2.24, 2.45) is 0 Å². The van der Waals surface area contributed by atoms with E-state index in [1.807, 2.05) is 0 Å². The summed E-state index contributed by atoms with van der Waals surface area (Å²) in [6.07, 6.45) is -0.390. The predicted molar refractivity (Wildman–Crippen MR) is 73.8 cm³/mol. The average molecular weight is 286 g/mol. The highest BCUT2D eigenvalue weighted by Gasteiger charge is 2.13. The fourth-order valence-electron chi connectivity index (χ4n) is 1.30. The number of carbonyl (C=O) groups excluding carboxylic acids is 1. The molecule has 0 amide bonds. The Morgan fingerprint density at radius 3 is 2.84 bits per heavy atom. The van der Waals surface area contributed by atoms with Gasteiger partial charge in [-0.25, -0.2) is 5.10 Å². The molecule has 0 aromatic carbocycles. The van der Waals surface area contributed by atoms with Gasteiger partial charge in [-0.1, -0.05) is 19.6 Å². The molecule has 0 radical (unpaired) electrons. The van der Waals surface area contributed by atoms with Gasteiger partial charge in [0.05, 0.1) is 0 Å². The van der Waals surface area contributed by atoms with Gasteiger partial charge in [0.25, 0.3) is 6.47 Å². The van der Waals surface area contributed by atoms with E-state index in [-0.39, 0.29) is 12.9 Å². The molecule has 7 heteroatoms. The third-order valence-electron chi connectivity index (χ3n) is 2.54. The number of carbonyl (C=O) groups is 1. The van der Waals surface area contributed by atoms with Gasteiger partial charge >= 0.3 is 0 Å². The Morgan fingerprint density at radius 1 is 1.47 bits per heavy atom. The lowest BCUT2D eigenvalue weighted by molar-refractivity contribution is -0.133. The third-order valence-corrected chi connectivity index (χ3v) is 4.25. The smallest absolute Gasteiger partial charge is 0.293 e. The number of aromatic nitrogens is 2. The molecule has 19 heavy (non-hydrogen) atoms. The Kier molecular flexibility index (Phi) is 6.03. The topological polar surface area (TPSA) is 73.4 Å². The van der Waals surface area contributed by atoms with E-state index in [1.165, 1.54) is 0 Å². The highest BCUT2D eigenvalue weighted by Crippen LogP contribution is 2.17. The maximum atomic E-state index is 10.2. The molecule has 1 aromatic rings. The lowest BCUT2D eigenvalue weighted by Gasteiger charge is -2.15. The minimum absolute atomic E-state index is 0.190. The molecule has 0 aliphatic carbocycles. The summed E-state index contributed by atoms with van der Waals surface area (Å²) < 4.78 is 15.5. The van der Waals surface area contributed by atoms with E-state index in [1.54, 1.807) is 13.0 Å². The zero-order valence-electron chi connectivity index (χ0n) is 11.9. The molecule has 1 aromatic heterocycles. The molecule has 1 unspecified atom stereocenters. The number of aromatic amines is 1. The monoisotopic (exact) mass is 286 g/mol. The quantitative estimate of drug-likeness (QED) is 0.326. The molecule has 1 rings (SSSR count). The summed E-state index contributed by atoms with van der Waals surface area (Å²) in [6.45, 7) is 9.93. The summed E-state index contributed by atoms with van der Waals surface area (Å²) in [7, 11) is -1.06. The van der Waals surface area contributed by atoms with Gasteiger partial charge in [0.1, 0.15) is 11.8 Å². The van der Waals surface area contributed by atoms with Crippen LogP contribution < -0.4 is 4.74 Å². The van der Waals surface area contributed by atoms with Gasteiger partial charge < -0.3 is 14.2 Å². The van der Waals surface area contributed by atoms with Crippen molar-refractivity contribution in [2.45, 2.75) is 38.7 Å². The molecule has 0 fully saturated rings. The zero-order chi connectivity index (χ0) is 14.3. The molecule has 0 saturated carbocycles. The largest absolute Gasteiger partial charge is 0.458 e. The highest BCUT2D eigenvalue weighted by atomic mass is 28.3. The van der Waals surface area contributed by atoms with Crippen molar-refractivity contribution < 1.29 is 19.0 Å². The summed E-state index contributed by atoms with van der Waals surface area (Å²) in [5, 5.41) is 6.70. The fraction of sp³-hybridized carbons (Fsp3) is 0.667. The molecule has 6 nitrogen and oxygen atoms in total. The van der Waals surface area contributed by atoms with Crippen molar-refractivity contribution in [3.8, 4) is 5.88 Å². The van der Waals surface area contributed by atoms with Crippen LogP contribution in [0.25, 0.3) is 0 Å². The van der Waals surface area contributed by atoms with Crippen molar-refractivity contribution in [3.05, 3.63) is 11.8 Å². The van der Waals surface area contributed by atoms with Crippen LogP contribution in [0.5, 0.6) is 5.88 Å². The molecule has 1 atom stereocenters. The molecule has 0 aliphatic heterocycles. The summed E-state index contributed by atoms with van der Waals surface area (Å²) in [5.41, 5.74) is 0.615. The van der Waals surface area contributed by atoms with Gasteiger partial charge in [0.15, 0.2) is 6.79 Å². The normalized spacial score (nSPS) is 13.1. The molecule has 0 saturated heterocycles. The summed E-state index contributed by atoms with van der Waals surface area (Å²) in [4.78, 5) is 10.2. The second-order valence-corrected chi connectivity index (χ2v) is 11.1. The molecule has 1 heterocycles. The van der Waals surface area contributed by atoms with Crippen LogP contribution in [0.2, 0.25) is 25.7 Å². The van der Waals surface area contributed by atoms with Crippen LogP contribution in [-0.4, -0.2) is 38.1 Å². The lowest BCUT2D eigenvalue weighted by Crippen LogP contribution is -2.22. The van der Waals surface area contributed by atoms with Crippen molar-refractivity contribution >= 4 is 14.5 Å². The van der Waals surface area contributed by atoms with Crippen molar-refractivity contribution in [1.82, 2.24) is 10.2 Å². The lowest BCUT2D eigenvalue weighted by atomic mass is 10.3. The number of rotatable bonds is 9. The first-order valence-electron chi connectivity index (χ1n) is 6.27. The number of nitrogens with zero attached hydrogens (tertiary/aromatic N) is 1. The summed E-state index contributed by atoms with van der Waals surface area (Å²) >= 11 is 0. The first-order chi connectivity index (χ1) is 8.92. The standard InChI is InChI=1S/C12H22N2O4Si/c1-10(17-8-15)11-7-12(14-13-11)18-9-16-5-6-19(2,3)4/h7-8,10H,5-6,9H2,1-4H3,(H,13,14). The zero-order valence-corrected chi connectivity index (χ0v) is 12.9. The van der Waals surface area contributed by atoms with Crippen molar-refractivity contribution in [2.75, 3.05) is 13.4 Å². The number of hydrogen-bond donors (Lipinski definition) is 1. The fourth-order valence-corrected chi connectivity index (χ4v) is 2.05. The average Bonchev–Trinajstić information content (AvgIpc) is 2.76. The summed E-state index contributed by atoms with van der Waals surface area (Å²) in [5.74, 6) is 0.504. The molecular formula is C12H22N2O4Si. The van der Waals surface area contributed by atoms with Crippen LogP contribution in [0.4, 0.5) is 0 Å². The molecule has 108 valence electrons. The van der Waals surface area contributed by atoms with E-state index < -0.39 is 8.07 Å². The van der Waals surface area contributed by atoms with E-state index in [4.69, 9.17) is 14.2 Å². The maximum absolute atomic E-state index is 10.2. The van der Waals surface area contributed by atoms with Crippen LogP contribution in [-0.2, 0) is 14.3 Å². The number of nitrogens with one attached hydrogen (secondary N) is 1. The Hall–Kier alpha value is -1.34. The van der Waals surface area contributed by atoms with Crippen LogP contribution >= 0.6 is 0 Å². The van der Waals surface area contributed by atoms with E-state index in [2.05, 4.69) is 29.8 Å². The number of ether oxygens (including phenoxy) is 3. The third kappa shape index (κ3) is 6.39. The molecule has 1 N–H and O–H groups in total. The second kappa shape index (κ2) is 7.30. The summed E-state index contributed by atoms with van der Waals surface area (Å²) in [6, 6.07) is 2.80. The highest BCUT2D eigenvalue weighted by molar-refractivity contribution is 6.76.